The van der Waals surface area contributed by atoms with E-state index in [0.29, 0.717) is 28.6 Å². The molecule has 2 N–H and O–H groups in total. The first-order chi connectivity index (χ1) is 13.5. The molecule has 2 aromatic carbocycles. The molecule has 1 heterocycles. The van der Waals surface area contributed by atoms with Gasteiger partial charge in [-0.2, -0.15) is 0 Å². The lowest BCUT2D eigenvalue weighted by molar-refractivity contribution is 0.102. The van der Waals surface area contributed by atoms with E-state index in [-0.39, 0.29) is 5.91 Å². The van der Waals surface area contributed by atoms with E-state index in [0.717, 1.165) is 16.8 Å². The van der Waals surface area contributed by atoms with Gasteiger partial charge in [0, 0.05) is 23.5 Å². The van der Waals surface area contributed by atoms with Gasteiger partial charge in [0.1, 0.15) is 17.3 Å². The maximum absolute atomic E-state index is 12.7. The molecule has 6 nitrogen and oxygen atoms in total. The van der Waals surface area contributed by atoms with E-state index in [2.05, 4.69) is 21.7 Å². The number of carbonyl (C=O) groups is 1. The quantitative estimate of drug-likeness (QED) is 0.651. The van der Waals surface area contributed by atoms with E-state index in [9.17, 15) is 4.79 Å². The molecule has 1 aromatic heterocycles. The first-order valence-electron chi connectivity index (χ1n) is 8.83. The van der Waals surface area contributed by atoms with Crippen LogP contribution in [-0.2, 0) is 0 Å². The van der Waals surface area contributed by atoms with Gasteiger partial charge in [-0.1, -0.05) is 6.07 Å². The van der Waals surface area contributed by atoms with Crippen molar-refractivity contribution < 1.29 is 14.3 Å². The number of hydrogen-bond acceptors (Lipinski definition) is 5. The van der Waals surface area contributed by atoms with Crippen molar-refractivity contribution in [2.45, 2.75) is 13.8 Å². The molecular formula is C22H23N3O3. The minimum absolute atomic E-state index is 0.255. The molecule has 0 aliphatic rings. The van der Waals surface area contributed by atoms with Crippen LogP contribution >= 0.6 is 0 Å². The van der Waals surface area contributed by atoms with Gasteiger partial charge in [0.2, 0.25) is 0 Å². The Labute approximate surface area is 164 Å². The average Bonchev–Trinajstić information content (AvgIpc) is 2.67. The van der Waals surface area contributed by atoms with Crippen LogP contribution in [0.25, 0.3) is 0 Å². The fraction of sp³-hybridized carbons (Fsp3) is 0.182. The van der Waals surface area contributed by atoms with Crippen LogP contribution in [0, 0.1) is 13.8 Å². The van der Waals surface area contributed by atoms with Gasteiger partial charge in [0.25, 0.3) is 5.91 Å². The van der Waals surface area contributed by atoms with Gasteiger partial charge >= 0.3 is 0 Å². The summed E-state index contributed by atoms with van der Waals surface area (Å²) in [6.45, 7) is 4.08. The lowest BCUT2D eigenvalue weighted by atomic mass is 10.1. The van der Waals surface area contributed by atoms with Crippen LogP contribution in [0.1, 0.15) is 21.5 Å². The molecule has 0 saturated heterocycles. The predicted molar refractivity (Wildman–Crippen MR) is 111 cm³/mol. The maximum Gasteiger partial charge on any atom is 0.255 e. The molecule has 6 heteroatoms. The maximum atomic E-state index is 12.7. The molecular weight excluding hydrogens is 354 g/mol. The number of nitrogens with zero attached hydrogens (tertiary/aromatic N) is 1. The van der Waals surface area contributed by atoms with Gasteiger partial charge in [-0.25, -0.2) is 4.98 Å². The summed E-state index contributed by atoms with van der Waals surface area (Å²) in [6.07, 6.45) is 1.60. The average molecular weight is 377 g/mol. The number of amides is 1. The molecule has 0 aliphatic heterocycles. The van der Waals surface area contributed by atoms with Crippen molar-refractivity contribution in [3.05, 3.63) is 71.4 Å². The molecule has 0 bridgehead atoms. The lowest BCUT2D eigenvalue weighted by Gasteiger charge is -2.12. The van der Waals surface area contributed by atoms with Crippen LogP contribution in [0.4, 0.5) is 17.2 Å². The highest BCUT2D eigenvalue weighted by Crippen LogP contribution is 2.29. The van der Waals surface area contributed by atoms with Gasteiger partial charge in [0.15, 0.2) is 0 Å². The van der Waals surface area contributed by atoms with E-state index in [1.807, 2.05) is 26.0 Å². The van der Waals surface area contributed by atoms with Crippen molar-refractivity contribution in [2.24, 2.45) is 0 Å². The molecule has 0 spiro atoms. The number of methoxy groups -OCH3 is 2. The minimum Gasteiger partial charge on any atom is -0.497 e. The number of pyridine rings is 1. The number of anilines is 3. The number of benzene rings is 2. The zero-order valence-corrected chi connectivity index (χ0v) is 16.4. The third-order valence-corrected chi connectivity index (χ3v) is 4.17. The van der Waals surface area contributed by atoms with Gasteiger partial charge in [-0.3, -0.25) is 4.79 Å². The summed E-state index contributed by atoms with van der Waals surface area (Å²) in [5, 5.41) is 6.11. The van der Waals surface area contributed by atoms with Crippen LogP contribution in [-0.4, -0.2) is 25.1 Å². The van der Waals surface area contributed by atoms with Crippen molar-refractivity contribution in [1.82, 2.24) is 4.98 Å². The summed E-state index contributed by atoms with van der Waals surface area (Å²) in [5.74, 6) is 1.52. The van der Waals surface area contributed by atoms with Crippen molar-refractivity contribution in [2.75, 3.05) is 24.9 Å². The molecule has 0 saturated carbocycles. The SMILES string of the molecule is COc1ccc(NC(=O)c2ccnc(Nc3cc(C)cc(C)c3)c2)c(OC)c1. The number of ether oxygens (including phenoxy) is 2. The summed E-state index contributed by atoms with van der Waals surface area (Å²) in [7, 11) is 3.12. The third-order valence-electron chi connectivity index (χ3n) is 4.17. The Balaban J connectivity index is 1.79. The number of aromatic nitrogens is 1. The highest BCUT2D eigenvalue weighted by Gasteiger charge is 2.12. The predicted octanol–water partition coefficient (Wildman–Crippen LogP) is 4.71. The highest BCUT2D eigenvalue weighted by atomic mass is 16.5. The Morgan fingerprint density at radius 3 is 2.36 bits per heavy atom. The lowest BCUT2D eigenvalue weighted by Crippen LogP contribution is -2.13. The van der Waals surface area contributed by atoms with Gasteiger partial charge < -0.3 is 20.1 Å². The molecule has 0 fully saturated rings. The summed E-state index contributed by atoms with van der Waals surface area (Å²) in [6, 6.07) is 14.8. The molecule has 3 rings (SSSR count). The highest BCUT2D eigenvalue weighted by molar-refractivity contribution is 6.05. The zero-order valence-electron chi connectivity index (χ0n) is 16.4. The Hall–Kier alpha value is -3.54. The molecule has 0 atom stereocenters. The third kappa shape index (κ3) is 4.59. The van der Waals surface area contributed by atoms with Gasteiger partial charge in [-0.15, -0.1) is 0 Å². The zero-order chi connectivity index (χ0) is 20.1. The van der Waals surface area contributed by atoms with Crippen molar-refractivity contribution in [1.29, 1.82) is 0 Å². The molecule has 28 heavy (non-hydrogen) atoms. The van der Waals surface area contributed by atoms with Crippen molar-refractivity contribution in [3.63, 3.8) is 0 Å². The van der Waals surface area contributed by atoms with Crippen molar-refractivity contribution >= 4 is 23.1 Å². The molecule has 0 aliphatic carbocycles. The van der Waals surface area contributed by atoms with Crippen LogP contribution < -0.4 is 20.1 Å². The second kappa shape index (κ2) is 8.43. The summed E-state index contributed by atoms with van der Waals surface area (Å²) < 4.78 is 10.5. The van der Waals surface area contributed by atoms with E-state index < -0.39 is 0 Å². The standard InChI is InChI=1S/C22H23N3O3/c1-14-9-15(2)11-17(10-14)24-21-12-16(7-8-23-21)22(26)25-19-6-5-18(27-3)13-20(19)28-4/h5-13H,1-4H3,(H,23,24)(H,25,26). The second-order valence-corrected chi connectivity index (χ2v) is 6.45. The van der Waals surface area contributed by atoms with Crippen LogP contribution in [0.15, 0.2) is 54.7 Å². The summed E-state index contributed by atoms with van der Waals surface area (Å²) in [5.41, 5.74) is 4.29. The normalized spacial score (nSPS) is 10.3. The summed E-state index contributed by atoms with van der Waals surface area (Å²) >= 11 is 0. The number of nitrogens with one attached hydrogen (secondary N) is 2. The molecule has 1 amide bonds. The molecule has 144 valence electrons. The second-order valence-electron chi connectivity index (χ2n) is 6.45. The molecule has 0 unspecified atom stereocenters. The topological polar surface area (TPSA) is 72.5 Å². The largest absolute Gasteiger partial charge is 0.497 e. The fourth-order valence-electron chi connectivity index (χ4n) is 2.93. The van der Waals surface area contributed by atoms with E-state index in [1.54, 1.807) is 50.7 Å². The van der Waals surface area contributed by atoms with Gasteiger partial charge in [0.05, 0.1) is 19.9 Å². The van der Waals surface area contributed by atoms with E-state index >= 15 is 0 Å². The summed E-state index contributed by atoms with van der Waals surface area (Å²) in [4.78, 5) is 17.0. The van der Waals surface area contributed by atoms with E-state index in [4.69, 9.17) is 9.47 Å². The van der Waals surface area contributed by atoms with Crippen LogP contribution in [0.3, 0.4) is 0 Å². The van der Waals surface area contributed by atoms with Gasteiger partial charge in [-0.05, 0) is 61.4 Å². The fourth-order valence-corrected chi connectivity index (χ4v) is 2.93. The first kappa shape index (κ1) is 19.2. The number of rotatable bonds is 6. The Bertz CT molecular complexity index is 982. The Kier molecular flexibility index (Phi) is 5.79. The van der Waals surface area contributed by atoms with Crippen LogP contribution in [0.5, 0.6) is 11.5 Å². The number of hydrogen-bond donors (Lipinski definition) is 2. The Morgan fingerprint density at radius 1 is 0.929 bits per heavy atom. The molecule has 0 radical (unpaired) electrons. The minimum atomic E-state index is -0.255. The smallest absolute Gasteiger partial charge is 0.255 e. The van der Waals surface area contributed by atoms with E-state index in [1.165, 1.54) is 0 Å². The molecule has 3 aromatic rings. The van der Waals surface area contributed by atoms with Crippen molar-refractivity contribution in [3.8, 4) is 11.5 Å². The first-order valence-corrected chi connectivity index (χ1v) is 8.83. The Morgan fingerprint density at radius 2 is 1.68 bits per heavy atom. The number of aryl methyl sites for hydroxylation is 2. The van der Waals surface area contributed by atoms with Crippen LogP contribution in [0.2, 0.25) is 0 Å². The monoisotopic (exact) mass is 377 g/mol. The number of carbonyl (C=O) groups excluding carboxylic acids is 1.